The van der Waals surface area contributed by atoms with Crippen LogP contribution in [0.3, 0.4) is 0 Å². The zero-order valence-corrected chi connectivity index (χ0v) is 18.8. The van der Waals surface area contributed by atoms with Crippen LogP contribution in [0, 0.1) is 5.92 Å². The molecule has 0 aromatic heterocycles. The van der Waals surface area contributed by atoms with Gasteiger partial charge in [-0.3, -0.25) is 4.79 Å². The third kappa shape index (κ3) is 5.10. The Morgan fingerprint density at radius 1 is 1.10 bits per heavy atom. The van der Waals surface area contributed by atoms with Gasteiger partial charge in [-0.05, 0) is 66.3 Å². The number of rotatable bonds is 7. The first-order chi connectivity index (χ1) is 15.0. The lowest BCUT2D eigenvalue weighted by molar-refractivity contribution is -0.116. The van der Waals surface area contributed by atoms with Crippen LogP contribution in [0.5, 0.6) is 5.75 Å². The highest BCUT2D eigenvalue weighted by molar-refractivity contribution is 7.89. The number of benzene rings is 2. The lowest BCUT2D eigenvalue weighted by Gasteiger charge is -2.28. The number of ether oxygens (including phenoxy) is 1. The Bertz CT molecular complexity index is 1030. The standard InChI is InChI=1S/C24H30N2O4S/c1-30-22-9-11-23(12-10-22)31(28,29)26-15-14-19-7-8-21(16-20(19)17-26)25-24(27)13-6-18-4-2-3-5-18/h7-12,16,18H,2-6,13-15,17H2,1H3,(H,25,27). The molecule has 0 atom stereocenters. The number of carbonyl (C=O) groups is 1. The third-order valence-electron chi connectivity index (χ3n) is 6.42. The Morgan fingerprint density at radius 2 is 1.84 bits per heavy atom. The second-order valence-electron chi connectivity index (χ2n) is 8.48. The molecule has 0 unspecified atom stereocenters. The molecule has 7 heteroatoms. The minimum atomic E-state index is -3.59. The first kappa shape index (κ1) is 21.8. The number of methoxy groups -OCH3 is 1. The largest absolute Gasteiger partial charge is 0.497 e. The van der Waals surface area contributed by atoms with E-state index in [0.717, 1.165) is 23.2 Å². The SMILES string of the molecule is COc1ccc(S(=O)(=O)N2CCc3ccc(NC(=O)CCC4CCCC4)cc3C2)cc1. The van der Waals surface area contributed by atoms with Crippen molar-refractivity contribution in [2.45, 2.75) is 56.4 Å². The molecule has 166 valence electrons. The lowest BCUT2D eigenvalue weighted by Crippen LogP contribution is -2.36. The summed E-state index contributed by atoms with van der Waals surface area (Å²) in [7, 11) is -2.04. The second kappa shape index (κ2) is 9.40. The van der Waals surface area contributed by atoms with E-state index in [4.69, 9.17) is 4.74 Å². The Kier molecular flexibility index (Phi) is 6.62. The van der Waals surface area contributed by atoms with Gasteiger partial charge in [0.25, 0.3) is 0 Å². The summed E-state index contributed by atoms with van der Waals surface area (Å²) in [4.78, 5) is 12.6. The molecule has 2 aliphatic rings. The smallest absolute Gasteiger partial charge is 0.243 e. The van der Waals surface area contributed by atoms with Crippen molar-refractivity contribution >= 4 is 21.6 Å². The van der Waals surface area contributed by atoms with Crippen LogP contribution in [0.2, 0.25) is 0 Å². The van der Waals surface area contributed by atoms with Crippen molar-refractivity contribution in [3.63, 3.8) is 0 Å². The van der Waals surface area contributed by atoms with Crippen LogP contribution >= 0.6 is 0 Å². The summed E-state index contributed by atoms with van der Waals surface area (Å²) in [5.41, 5.74) is 2.81. The van der Waals surface area contributed by atoms with Gasteiger partial charge in [0.2, 0.25) is 15.9 Å². The highest BCUT2D eigenvalue weighted by Crippen LogP contribution is 2.30. The number of hydrogen-bond donors (Lipinski definition) is 1. The number of fused-ring (bicyclic) bond motifs is 1. The van der Waals surface area contributed by atoms with Gasteiger partial charge in [-0.1, -0.05) is 31.7 Å². The van der Waals surface area contributed by atoms with E-state index >= 15 is 0 Å². The molecule has 1 heterocycles. The van der Waals surface area contributed by atoms with Gasteiger partial charge >= 0.3 is 0 Å². The fourth-order valence-corrected chi connectivity index (χ4v) is 5.99. The summed E-state index contributed by atoms with van der Waals surface area (Å²) in [6, 6.07) is 12.3. The summed E-state index contributed by atoms with van der Waals surface area (Å²) >= 11 is 0. The number of amides is 1. The minimum absolute atomic E-state index is 0.0327. The Hall–Kier alpha value is -2.38. The summed E-state index contributed by atoms with van der Waals surface area (Å²) in [5, 5.41) is 2.99. The molecule has 1 aliphatic carbocycles. The maximum atomic E-state index is 13.1. The molecule has 0 radical (unpaired) electrons. The van der Waals surface area contributed by atoms with Crippen molar-refractivity contribution in [1.82, 2.24) is 4.31 Å². The Labute approximate surface area is 184 Å². The Morgan fingerprint density at radius 3 is 2.55 bits per heavy atom. The molecule has 31 heavy (non-hydrogen) atoms. The first-order valence-electron chi connectivity index (χ1n) is 11.0. The number of nitrogens with one attached hydrogen (secondary N) is 1. The molecule has 1 aliphatic heterocycles. The third-order valence-corrected chi connectivity index (χ3v) is 8.28. The molecule has 0 bridgehead atoms. The van der Waals surface area contributed by atoms with E-state index in [-0.39, 0.29) is 10.8 Å². The number of sulfonamides is 1. The van der Waals surface area contributed by atoms with Gasteiger partial charge in [-0.25, -0.2) is 8.42 Å². The molecule has 2 aromatic carbocycles. The quantitative estimate of drug-likeness (QED) is 0.692. The number of carbonyl (C=O) groups excluding carboxylic acids is 1. The summed E-state index contributed by atoms with van der Waals surface area (Å²) < 4.78 is 32.8. The van der Waals surface area contributed by atoms with Crippen LogP contribution < -0.4 is 10.1 Å². The molecular formula is C24H30N2O4S. The van der Waals surface area contributed by atoms with Gasteiger partial charge in [0.15, 0.2) is 0 Å². The van der Waals surface area contributed by atoms with Crippen LogP contribution in [0.25, 0.3) is 0 Å². The van der Waals surface area contributed by atoms with Gasteiger partial charge in [0, 0.05) is 25.2 Å². The van der Waals surface area contributed by atoms with Gasteiger partial charge in [0.1, 0.15) is 5.75 Å². The molecule has 0 saturated heterocycles. The summed E-state index contributed by atoms with van der Waals surface area (Å²) in [6.07, 6.45) is 7.19. The van der Waals surface area contributed by atoms with Crippen LogP contribution in [-0.2, 0) is 27.8 Å². The predicted molar refractivity (Wildman–Crippen MR) is 121 cm³/mol. The highest BCUT2D eigenvalue weighted by atomic mass is 32.2. The van der Waals surface area contributed by atoms with Crippen molar-refractivity contribution in [1.29, 1.82) is 0 Å². The first-order valence-corrected chi connectivity index (χ1v) is 12.5. The van der Waals surface area contributed by atoms with E-state index in [0.29, 0.717) is 37.6 Å². The van der Waals surface area contributed by atoms with Gasteiger partial charge in [0.05, 0.1) is 12.0 Å². The molecule has 1 N–H and O–H groups in total. The minimum Gasteiger partial charge on any atom is -0.497 e. The molecule has 4 rings (SSSR count). The topological polar surface area (TPSA) is 75.7 Å². The van der Waals surface area contributed by atoms with Crippen LogP contribution in [0.1, 0.15) is 49.7 Å². The second-order valence-corrected chi connectivity index (χ2v) is 10.4. The molecule has 2 aromatic rings. The maximum Gasteiger partial charge on any atom is 0.243 e. The Balaban J connectivity index is 1.42. The van der Waals surface area contributed by atoms with E-state index in [1.165, 1.54) is 30.0 Å². The fourth-order valence-electron chi connectivity index (χ4n) is 4.57. The van der Waals surface area contributed by atoms with Crippen molar-refractivity contribution in [3.8, 4) is 5.75 Å². The number of hydrogen-bond acceptors (Lipinski definition) is 4. The average molecular weight is 443 g/mol. The monoisotopic (exact) mass is 442 g/mol. The normalized spacial score (nSPS) is 17.3. The molecule has 0 spiro atoms. The van der Waals surface area contributed by atoms with Crippen LogP contribution in [0.15, 0.2) is 47.4 Å². The van der Waals surface area contributed by atoms with Crippen LogP contribution in [0.4, 0.5) is 5.69 Å². The van der Waals surface area contributed by atoms with E-state index in [1.807, 2.05) is 18.2 Å². The molecule has 1 amide bonds. The van der Waals surface area contributed by atoms with Crippen molar-refractivity contribution < 1.29 is 17.9 Å². The summed E-state index contributed by atoms with van der Waals surface area (Å²) in [5.74, 6) is 1.34. The van der Waals surface area contributed by atoms with Crippen LogP contribution in [-0.4, -0.2) is 32.3 Å². The van der Waals surface area contributed by atoms with Crippen molar-refractivity contribution in [2.75, 3.05) is 19.0 Å². The predicted octanol–water partition coefficient (Wildman–Crippen LogP) is 4.35. The average Bonchev–Trinajstić information content (AvgIpc) is 3.31. The number of nitrogens with zero attached hydrogens (tertiary/aromatic N) is 1. The van der Waals surface area contributed by atoms with Crippen molar-refractivity contribution in [3.05, 3.63) is 53.6 Å². The van der Waals surface area contributed by atoms with Crippen molar-refractivity contribution in [2.24, 2.45) is 5.92 Å². The van der Waals surface area contributed by atoms with Gasteiger partial charge in [-0.15, -0.1) is 0 Å². The van der Waals surface area contributed by atoms with Gasteiger partial charge in [-0.2, -0.15) is 4.31 Å². The molecule has 1 fully saturated rings. The summed E-state index contributed by atoms with van der Waals surface area (Å²) in [6.45, 7) is 0.740. The zero-order chi connectivity index (χ0) is 21.8. The fraction of sp³-hybridized carbons (Fsp3) is 0.458. The van der Waals surface area contributed by atoms with E-state index in [1.54, 1.807) is 31.4 Å². The van der Waals surface area contributed by atoms with E-state index < -0.39 is 10.0 Å². The molecule has 1 saturated carbocycles. The van der Waals surface area contributed by atoms with Gasteiger partial charge < -0.3 is 10.1 Å². The lowest BCUT2D eigenvalue weighted by atomic mass is 10.00. The van der Waals surface area contributed by atoms with E-state index in [9.17, 15) is 13.2 Å². The zero-order valence-electron chi connectivity index (χ0n) is 18.0. The molecule has 6 nitrogen and oxygen atoms in total. The number of anilines is 1. The van der Waals surface area contributed by atoms with E-state index in [2.05, 4.69) is 5.32 Å². The highest BCUT2D eigenvalue weighted by Gasteiger charge is 2.28. The maximum absolute atomic E-state index is 13.1. The molecular weight excluding hydrogens is 412 g/mol.